The topological polar surface area (TPSA) is 81.4 Å². The molecular formula is C22H18N2O4. The van der Waals surface area contributed by atoms with Crippen LogP contribution in [0.4, 0.5) is 5.69 Å². The van der Waals surface area contributed by atoms with Crippen LogP contribution in [0.2, 0.25) is 0 Å². The highest BCUT2D eigenvalue weighted by Crippen LogP contribution is 2.26. The number of ether oxygens (including phenoxy) is 1. The number of aromatic nitrogens is 1. The lowest BCUT2D eigenvalue weighted by Gasteiger charge is -2.14. The van der Waals surface area contributed by atoms with Crippen molar-refractivity contribution in [2.24, 2.45) is 0 Å². The maximum Gasteiger partial charge on any atom is 0.375 e. The van der Waals surface area contributed by atoms with Crippen LogP contribution in [0, 0.1) is 6.92 Å². The van der Waals surface area contributed by atoms with Crippen molar-refractivity contribution in [2.45, 2.75) is 20.0 Å². The highest BCUT2D eigenvalue weighted by atomic mass is 16.6. The van der Waals surface area contributed by atoms with Crippen molar-refractivity contribution >= 4 is 39.4 Å². The summed E-state index contributed by atoms with van der Waals surface area (Å²) in [6.45, 7) is 3.31. The van der Waals surface area contributed by atoms with Crippen molar-refractivity contribution in [3.05, 3.63) is 72.1 Å². The van der Waals surface area contributed by atoms with E-state index in [1.165, 1.54) is 6.92 Å². The molecule has 0 radical (unpaired) electrons. The molecule has 140 valence electrons. The molecule has 2 aromatic carbocycles. The number of carbonyl (C=O) groups excluding carboxylic acids is 2. The van der Waals surface area contributed by atoms with Crippen LogP contribution in [0.1, 0.15) is 23.0 Å². The first-order valence-electron chi connectivity index (χ1n) is 8.88. The first-order chi connectivity index (χ1) is 13.5. The van der Waals surface area contributed by atoms with E-state index in [0.717, 1.165) is 16.3 Å². The first kappa shape index (κ1) is 17.7. The van der Waals surface area contributed by atoms with Crippen LogP contribution in [0.3, 0.4) is 0 Å². The Balaban J connectivity index is 1.51. The van der Waals surface area contributed by atoms with E-state index in [2.05, 4.69) is 10.3 Å². The summed E-state index contributed by atoms with van der Waals surface area (Å²) in [6.07, 6.45) is 0.695. The number of benzene rings is 2. The van der Waals surface area contributed by atoms with Crippen molar-refractivity contribution in [3.8, 4) is 0 Å². The van der Waals surface area contributed by atoms with Gasteiger partial charge in [-0.1, -0.05) is 24.3 Å². The van der Waals surface area contributed by atoms with Crippen LogP contribution in [0.15, 0.2) is 65.2 Å². The quantitative estimate of drug-likeness (QED) is 0.533. The molecule has 0 saturated heterocycles. The summed E-state index contributed by atoms with van der Waals surface area (Å²) >= 11 is 0. The second-order valence-electron chi connectivity index (χ2n) is 6.46. The Morgan fingerprint density at radius 2 is 1.82 bits per heavy atom. The lowest BCUT2D eigenvalue weighted by molar-refractivity contribution is -0.123. The van der Waals surface area contributed by atoms with E-state index >= 15 is 0 Å². The van der Waals surface area contributed by atoms with Gasteiger partial charge in [0.1, 0.15) is 5.58 Å². The molecule has 6 heteroatoms. The fourth-order valence-electron chi connectivity index (χ4n) is 3.08. The van der Waals surface area contributed by atoms with Gasteiger partial charge in [0.25, 0.3) is 5.91 Å². The molecule has 0 fully saturated rings. The molecule has 2 aromatic heterocycles. The van der Waals surface area contributed by atoms with Crippen LogP contribution in [-0.2, 0) is 9.53 Å². The number of rotatable bonds is 4. The predicted molar refractivity (Wildman–Crippen MR) is 106 cm³/mol. The fraction of sp³-hybridized carbons (Fsp3) is 0.136. The molecule has 0 aliphatic carbocycles. The van der Waals surface area contributed by atoms with Gasteiger partial charge in [0.2, 0.25) is 5.76 Å². The molecule has 0 bridgehead atoms. The summed E-state index contributed by atoms with van der Waals surface area (Å²) in [5.74, 6) is -0.996. The molecule has 1 unspecified atom stereocenters. The molecule has 0 spiro atoms. The Kier molecular flexibility index (Phi) is 4.53. The second-order valence-corrected chi connectivity index (χ2v) is 6.46. The Hall–Kier alpha value is -3.67. The number of aryl methyl sites for hydroxylation is 1. The maximum absolute atomic E-state index is 12.5. The van der Waals surface area contributed by atoms with Gasteiger partial charge in [-0.25, -0.2) is 4.79 Å². The van der Waals surface area contributed by atoms with Crippen LogP contribution in [0.25, 0.3) is 21.9 Å². The molecule has 1 N–H and O–H groups in total. The van der Waals surface area contributed by atoms with Crippen LogP contribution < -0.4 is 5.32 Å². The lowest BCUT2D eigenvalue weighted by Crippen LogP contribution is -2.30. The molecule has 4 aromatic rings. The average Bonchev–Trinajstić information content (AvgIpc) is 3.05. The van der Waals surface area contributed by atoms with Gasteiger partial charge in [0.05, 0.1) is 11.2 Å². The van der Waals surface area contributed by atoms with Crippen LogP contribution in [-0.4, -0.2) is 23.0 Å². The summed E-state index contributed by atoms with van der Waals surface area (Å²) in [5.41, 5.74) is 2.67. The number of amides is 1. The molecule has 4 rings (SSSR count). The van der Waals surface area contributed by atoms with Crippen molar-refractivity contribution in [1.29, 1.82) is 0 Å². The van der Waals surface area contributed by atoms with Gasteiger partial charge in [-0.2, -0.15) is 0 Å². The highest BCUT2D eigenvalue weighted by molar-refractivity contribution is 6.03. The number of para-hydroxylation sites is 1. The monoisotopic (exact) mass is 374 g/mol. The molecule has 0 saturated carbocycles. The van der Waals surface area contributed by atoms with Crippen LogP contribution in [0.5, 0.6) is 0 Å². The SMILES string of the molecule is Cc1c(C(=O)OC(C)C(=O)Nc2cccc3ncccc23)oc2ccccc12. The van der Waals surface area contributed by atoms with Gasteiger partial charge in [-0.15, -0.1) is 0 Å². The molecule has 0 aliphatic heterocycles. The zero-order chi connectivity index (χ0) is 19.7. The van der Waals surface area contributed by atoms with E-state index < -0.39 is 18.0 Å². The number of pyridine rings is 1. The zero-order valence-corrected chi connectivity index (χ0v) is 15.4. The summed E-state index contributed by atoms with van der Waals surface area (Å²) in [6, 6.07) is 16.5. The Bertz CT molecular complexity index is 1190. The maximum atomic E-state index is 12.5. The van der Waals surface area contributed by atoms with E-state index in [-0.39, 0.29) is 5.76 Å². The van der Waals surface area contributed by atoms with Crippen molar-refractivity contribution in [1.82, 2.24) is 4.98 Å². The largest absolute Gasteiger partial charge is 0.449 e. The van der Waals surface area contributed by atoms with Gasteiger partial charge in [0, 0.05) is 22.5 Å². The number of anilines is 1. The Labute approximate surface area is 161 Å². The van der Waals surface area contributed by atoms with Crippen molar-refractivity contribution < 1.29 is 18.7 Å². The van der Waals surface area contributed by atoms with E-state index in [4.69, 9.17) is 9.15 Å². The molecular weight excluding hydrogens is 356 g/mol. The smallest absolute Gasteiger partial charge is 0.375 e. The van der Waals surface area contributed by atoms with Gasteiger partial charge in [-0.3, -0.25) is 9.78 Å². The van der Waals surface area contributed by atoms with Gasteiger partial charge < -0.3 is 14.5 Å². The number of hydrogen-bond acceptors (Lipinski definition) is 5. The van der Waals surface area contributed by atoms with Gasteiger partial charge in [-0.05, 0) is 44.2 Å². The third-order valence-electron chi connectivity index (χ3n) is 4.59. The minimum atomic E-state index is -0.993. The number of nitrogens with one attached hydrogen (secondary N) is 1. The Morgan fingerprint density at radius 3 is 2.64 bits per heavy atom. The summed E-state index contributed by atoms with van der Waals surface area (Å²) in [4.78, 5) is 29.3. The third kappa shape index (κ3) is 3.20. The number of fused-ring (bicyclic) bond motifs is 2. The third-order valence-corrected chi connectivity index (χ3v) is 4.59. The molecule has 1 amide bonds. The van der Waals surface area contributed by atoms with E-state index in [1.807, 2.05) is 30.3 Å². The number of nitrogens with zero attached hydrogens (tertiary/aromatic N) is 1. The van der Waals surface area contributed by atoms with E-state index in [0.29, 0.717) is 16.8 Å². The van der Waals surface area contributed by atoms with Gasteiger partial charge in [0.15, 0.2) is 6.10 Å². The summed E-state index contributed by atoms with van der Waals surface area (Å²) < 4.78 is 10.9. The second kappa shape index (κ2) is 7.15. The fourth-order valence-corrected chi connectivity index (χ4v) is 3.08. The molecule has 1 atom stereocenters. The molecule has 6 nitrogen and oxygen atoms in total. The molecule has 0 aliphatic rings. The van der Waals surface area contributed by atoms with E-state index in [9.17, 15) is 9.59 Å². The normalized spacial score (nSPS) is 12.1. The number of furan rings is 1. The van der Waals surface area contributed by atoms with E-state index in [1.54, 1.807) is 37.4 Å². The standard InChI is InChI=1S/C22H18N2O4/c1-13-15-7-3-4-11-19(15)28-20(13)22(26)27-14(2)21(25)24-18-10-5-9-17-16(18)8-6-12-23-17/h3-12,14H,1-2H3,(H,24,25). The minimum Gasteiger partial charge on any atom is -0.449 e. The summed E-state index contributed by atoms with van der Waals surface area (Å²) in [5, 5.41) is 4.45. The predicted octanol–water partition coefficient (Wildman–Crippen LogP) is 4.47. The van der Waals surface area contributed by atoms with Crippen molar-refractivity contribution in [2.75, 3.05) is 5.32 Å². The Morgan fingerprint density at radius 1 is 1.04 bits per heavy atom. The average molecular weight is 374 g/mol. The number of hydrogen-bond donors (Lipinski definition) is 1. The molecule has 28 heavy (non-hydrogen) atoms. The lowest BCUT2D eigenvalue weighted by atomic mass is 10.1. The molecule has 2 heterocycles. The van der Waals surface area contributed by atoms with Crippen molar-refractivity contribution in [3.63, 3.8) is 0 Å². The zero-order valence-electron chi connectivity index (χ0n) is 15.4. The minimum absolute atomic E-state index is 0.107. The van der Waals surface area contributed by atoms with Crippen LogP contribution >= 0.6 is 0 Å². The first-order valence-corrected chi connectivity index (χ1v) is 8.88. The summed E-state index contributed by atoms with van der Waals surface area (Å²) in [7, 11) is 0. The van der Waals surface area contributed by atoms with Gasteiger partial charge >= 0.3 is 5.97 Å². The highest BCUT2D eigenvalue weighted by Gasteiger charge is 2.24. The number of esters is 1. The number of carbonyl (C=O) groups is 2.